The predicted octanol–water partition coefficient (Wildman–Crippen LogP) is 2.41. The van der Waals surface area contributed by atoms with Gasteiger partial charge in [0.1, 0.15) is 5.82 Å². The SMILES string of the molecule is O=C1CC(N2CCN(C3CCCCC3)CC2)C(=O)N1c1ccccc1F. The second-order valence-corrected chi connectivity index (χ2v) is 7.60. The quantitative estimate of drug-likeness (QED) is 0.778. The summed E-state index contributed by atoms with van der Waals surface area (Å²) in [6.45, 7) is 3.49. The Kier molecular flexibility index (Phi) is 5.05. The highest BCUT2D eigenvalue weighted by Crippen LogP contribution is 2.29. The summed E-state index contributed by atoms with van der Waals surface area (Å²) in [7, 11) is 0. The summed E-state index contributed by atoms with van der Waals surface area (Å²) in [5.74, 6) is -1.12. The number of benzene rings is 1. The minimum Gasteiger partial charge on any atom is -0.298 e. The van der Waals surface area contributed by atoms with Crippen LogP contribution in [0.25, 0.3) is 0 Å². The molecule has 140 valence electrons. The molecule has 2 saturated heterocycles. The van der Waals surface area contributed by atoms with Crippen molar-refractivity contribution in [3.8, 4) is 0 Å². The van der Waals surface area contributed by atoms with Crippen LogP contribution in [0.2, 0.25) is 0 Å². The fraction of sp³-hybridized carbons (Fsp3) is 0.600. The molecule has 3 aliphatic rings. The van der Waals surface area contributed by atoms with E-state index in [1.54, 1.807) is 12.1 Å². The van der Waals surface area contributed by atoms with Crippen LogP contribution in [0.1, 0.15) is 38.5 Å². The molecule has 1 aromatic carbocycles. The van der Waals surface area contributed by atoms with E-state index >= 15 is 0 Å². The highest BCUT2D eigenvalue weighted by Gasteiger charge is 2.44. The molecule has 1 aliphatic carbocycles. The molecule has 0 N–H and O–H groups in total. The number of nitrogens with zero attached hydrogens (tertiary/aromatic N) is 3. The number of hydrogen-bond donors (Lipinski definition) is 0. The first kappa shape index (κ1) is 17.6. The van der Waals surface area contributed by atoms with Crippen LogP contribution in [0.4, 0.5) is 10.1 Å². The van der Waals surface area contributed by atoms with Crippen molar-refractivity contribution in [3.63, 3.8) is 0 Å². The molecule has 0 spiro atoms. The van der Waals surface area contributed by atoms with Crippen molar-refractivity contribution in [2.45, 2.75) is 50.6 Å². The Hall–Kier alpha value is -1.79. The van der Waals surface area contributed by atoms with Crippen molar-refractivity contribution >= 4 is 17.5 Å². The van der Waals surface area contributed by atoms with E-state index in [-0.39, 0.29) is 23.9 Å². The molecule has 1 saturated carbocycles. The number of carbonyl (C=O) groups is 2. The van der Waals surface area contributed by atoms with Crippen LogP contribution in [-0.2, 0) is 9.59 Å². The van der Waals surface area contributed by atoms with Gasteiger partial charge in [-0.3, -0.25) is 19.4 Å². The Morgan fingerprint density at radius 3 is 2.23 bits per heavy atom. The molecule has 0 bridgehead atoms. The molecule has 0 radical (unpaired) electrons. The molecule has 1 unspecified atom stereocenters. The summed E-state index contributed by atoms with van der Waals surface area (Å²) in [4.78, 5) is 30.9. The maximum Gasteiger partial charge on any atom is 0.251 e. The van der Waals surface area contributed by atoms with Crippen LogP contribution in [0.5, 0.6) is 0 Å². The fourth-order valence-corrected chi connectivity index (χ4v) is 4.65. The Balaban J connectivity index is 1.41. The smallest absolute Gasteiger partial charge is 0.251 e. The van der Waals surface area contributed by atoms with Gasteiger partial charge in [-0.15, -0.1) is 0 Å². The molecule has 0 aromatic heterocycles. The van der Waals surface area contributed by atoms with E-state index in [2.05, 4.69) is 9.80 Å². The van der Waals surface area contributed by atoms with Gasteiger partial charge in [0, 0.05) is 32.2 Å². The zero-order valence-corrected chi connectivity index (χ0v) is 15.1. The first-order valence-electron chi connectivity index (χ1n) is 9.74. The number of anilines is 1. The summed E-state index contributed by atoms with van der Waals surface area (Å²) in [6.07, 6.45) is 6.69. The van der Waals surface area contributed by atoms with Gasteiger partial charge in [0.15, 0.2) is 0 Å². The molecular formula is C20H26FN3O2. The van der Waals surface area contributed by atoms with Crippen LogP contribution < -0.4 is 4.90 Å². The van der Waals surface area contributed by atoms with Gasteiger partial charge in [-0.05, 0) is 25.0 Å². The topological polar surface area (TPSA) is 43.9 Å². The van der Waals surface area contributed by atoms with E-state index < -0.39 is 11.9 Å². The van der Waals surface area contributed by atoms with E-state index in [0.29, 0.717) is 6.04 Å². The first-order chi connectivity index (χ1) is 12.6. The second-order valence-electron chi connectivity index (χ2n) is 7.60. The number of imide groups is 1. The number of carbonyl (C=O) groups excluding carboxylic acids is 2. The summed E-state index contributed by atoms with van der Waals surface area (Å²) < 4.78 is 14.0. The Bertz CT molecular complexity index is 681. The van der Waals surface area contributed by atoms with Crippen molar-refractivity contribution in [2.75, 3.05) is 31.1 Å². The maximum absolute atomic E-state index is 14.0. The molecule has 4 rings (SSSR count). The van der Waals surface area contributed by atoms with Crippen LogP contribution in [0.3, 0.4) is 0 Å². The van der Waals surface area contributed by atoms with Gasteiger partial charge < -0.3 is 0 Å². The first-order valence-corrected chi connectivity index (χ1v) is 9.74. The lowest BCUT2D eigenvalue weighted by Crippen LogP contribution is -2.55. The molecule has 3 fully saturated rings. The molecule has 26 heavy (non-hydrogen) atoms. The highest BCUT2D eigenvalue weighted by molar-refractivity contribution is 6.22. The normalized spacial score (nSPS) is 26.7. The van der Waals surface area contributed by atoms with Gasteiger partial charge in [0.2, 0.25) is 5.91 Å². The molecule has 1 atom stereocenters. The number of halogens is 1. The van der Waals surface area contributed by atoms with Crippen LogP contribution in [0.15, 0.2) is 24.3 Å². The number of hydrogen-bond acceptors (Lipinski definition) is 4. The van der Waals surface area contributed by atoms with E-state index in [4.69, 9.17) is 0 Å². The minimum absolute atomic E-state index is 0.0749. The maximum atomic E-state index is 14.0. The highest BCUT2D eigenvalue weighted by atomic mass is 19.1. The third kappa shape index (κ3) is 3.28. The van der Waals surface area contributed by atoms with Gasteiger partial charge in [0.05, 0.1) is 18.2 Å². The Labute approximate surface area is 153 Å². The molecule has 5 nitrogen and oxygen atoms in total. The monoisotopic (exact) mass is 359 g/mol. The number of para-hydroxylation sites is 1. The number of rotatable bonds is 3. The second kappa shape index (κ2) is 7.45. The predicted molar refractivity (Wildman–Crippen MR) is 97.3 cm³/mol. The average Bonchev–Trinajstić information content (AvgIpc) is 2.97. The lowest BCUT2D eigenvalue weighted by atomic mass is 9.93. The van der Waals surface area contributed by atoms with Crippen molar-refractivity contribution in [1.82, 2.24) is 9.80 Å². The van der Waals surface area contributed by atoms with Crippen molar-refractivity contribution < 1.29 is 14.0 Å². The van der Waals surface area contributed by atoms with Crippen LogP contribution in [0, 0.1) is 5.82 Å². The van der Waals surface area contributed by atoms with Crippen LogP contribution >= 0.6 is 0 Å². The fourth-order valence-electron chi connectivity index (χ4n) is 4.65. The zero-order chi connectivity index (χ0) is 18.1. The molecule has 1 aromatic rings. The van der Waals surface area contributed by atoms with Crippen molar-refractivity contribution in [3.05, 3.63) is 30.1 Å². The Morgan fingerprint density at radius 1 is 0.885 bits per heavy atom. The van der Waals surface area contributed by atoms with E-state index in [0.717, 1.165) is 31.1 Å². The summed E-state index contributed by atoms with van der Waals surface area (Å²) in [5.41, 5.74) is 0.0749. The lowest BCUT2D eigenvalue weighted by Gasteiger charge is -2.42. The third-order valence-corrected chi connectivity index (χ3v) is 6.10. The van der Waals surface area contributed by atoms with Gasteiger partial charge in [-0.1, -0.05) is 31.4 Å². The summed E-state index contributed by atoms with van der Waals surface area (Å²) >= 11 is 0. The molecule has 6 heteroatoms. The summed E-state index contributed by atoms with van der Waals surface area (Å²) in [6, 6.07) is 6.22. The Morgan fingerprint density at radius 2 is 1.54 bits per heavy atom. The lowest BCUT2D eigenvalue weighted by molar-refractivity contribution is -0.123. The average molecular weight is 359 g/mol. The van der Waals surface area contributed by atoms with E-state index in [1.165, 1.54) is 44.2 Å². The van der Waals surface area contributed by atoms with Gasteiger partial charge in [-0.25, -0.2) is 9.29 Å². The standard InChI is InChI=1S/C20H26FN3O2/c21-16-8-4-5-9-17(16)24-19(25)14-18(20(24)26)23-12-10-22(11-13-23)15-6-2-1-3-7-15/h4-5,8-9,15,18H,1-3,6-7,10-14H2. The van der Waals surface area contributed by atoms with E-state index in [9.17, 15) is 14.0 Å². The molecular weight excluding hydrogens is 333 g/mol. The van der Waals surface area contributed by atoms with Crippen LogP contribution in [-0.4, -0.2) is 59.9 Å². The summed E-state index contributed by atoms with van der Waals surface area (Å²) in [5, 5.41) is 0. The largest absolute Gasteiger partial charge is 0.298 e. The van der Waals surface area contributed by atoms with Gasteiger partial charge in [-0.2, -0.15) is 0 Å². The number of piperazine rings is 1. The van der Waals surface area contributed by atoms with Crippen molar-refractivity contribution in [1.29, 1.82) is 0 Å². The molecule has 2 heterocycles. The van der Waals surface area contributed by atoms with Gasteiger partial charge >= 0.3 is 0 Å². The number of amides is 2. The third-order valence-electron chi connectivity index (χ3n) is 6.10. The zero-order valence-electron chi connectivity index (χ0n) is 15.1. The van der Waals surface area contributed by atoms with Crippen molar-refractivity contribution in [2.24, 2.45) is 0 Å². The van der Waals surface area contributed by atoms with E-state index in [1.807, 2.05) is 0 Å². The molecule has 2 amide bonds. The van der Waals surface area contributed by atoms with Gasteiger partial charge in [0.25, 0.3) is 5.91 Å². The minimum atomic E-state index is -0.531. The molecule has 2 aliphatic heterocycles.